The van der Waals surface area contributed by atoms with E-state index in [-0.39, 0.29) is 11.8 Å². The molecule has 1 amide bonds. The predicted octanol–water partition coefficient (Wildman–Crippen LogP) is -0.660. The fourth-order valence-electron chi connectivity index (χ4n) is 2.26. The average molecular weight is 238 g/mol. The molecule has 0 aromatic carbocycles. The molecule has 0 spiro atoms. The maximum atomic E-state index is 11.6. The van der Waals surface area contributed by atoms with Gasteiger partial charge in [0.2, 0.25) is 6.35 Å². The quantitative estimate of drug-likeness (QED) is 0.604. The molecule has 17 heavy (non-hydrogen) atoms. The molecular formula is C10H14N4O3. The summed E-state index contributed by atoms with van der Waals surface area (Å²) in [5, 5.41) is 11.8. The molecule has 1 saturated heterocycles. The van der Waals surface area contributed by atoms with Gasteiger partial charge in [-0.3, -0.25) is 10.2 Å². The molecular weight excluding hydrogens is 224 g/mol. The Morgan fingerprint density at radius 1 is 1.47 bits per heavy atom. The van der Waals surface area contributed by atoms with E-state index in [4.69, 9.17) is 4.74 Å². The van der Waals surface area contributed by atoms with Gasteiger partial charge in [-0.2, -0.15) is 0 Å². The van der Waals surface area contributed by atoms with Gasteiger partial charge in [0.15, 0.2) is 0 Å². The number of aliphatic hydroxyl groups is 1. The standard InChI is InChI=1S/C10H14N4O3/c15-9-7-5-11-8(6-1-3-17-4-2-6)14(7)13-10(16)12-9/h5-6,10,13,16H,1-4H2,(H,12,15). The van der Waals surface area contributed by atoms with Gasteiger partial charge in [-0.25, -0.2) is 9.66 Å². The second-order valence-corrected chi connectivity index (χ2v) is 4.23. The van der Waals surface area contributed by atoms with Crippen molar-refractivity contribution in [1.82, 2.24) is 15.0 Å². The number of nitrogens with one attached hydrogen (secondary N) is 2. The SMILES string of the molecule is O=C1NC(O)Nn2c1cnc2C1CCOCC1. The normalized spacial score (nSPS) is 25.0. The molecule has 92 valence electrons. The third kappa shape index (κ3) is 1.77. The molecule has 3 heterocycles. The van der Waals surface area contributed by atoms with Crippen molar-refractivity contribution < 1.29 is 14.6 Å². The average Bonchev–Trinajstić information content (AvgIpc) is 2.74. The van der Waals surface area contributed by atoms with Crippen LogP contribution in [-0.2, 0) is 4.74 Å². The van der Waals surface area contributed by atoms with Gasteiger partial charge in [0, 0.05) is 19.1 Å². The van der Waals surface area contributed by atoms with Gasteiger partial charge >= 0.3 is 0 Å². The summed E-state index contributed by atoms with van der Waals surface area (Å²) in [7, 11) is 0. The van der Waals surface area contributed by atoms with Crippen molar-refractivity contribution in [3.05, 3.63) is 17.7 Å². The number of ether oxygens (including phenoxy) is 1. The molecule has 0 bridgehead atoms. The Kier molecular flexibility index (Phi) is 2.49. The van der Waals surface area contributed by atoms with Crippen LogP contribution < -0.4 is 10.7 Å². The number of aromatic nitrogens is 2. The summed E-state index contributed by atoms with van der Waals surface area (Å²) < 4.78 is 6.88. The van der Waals surface area contributed by atoms with Crippen LogP contribution in [0.4, 0.5) is 0 Å². The molecule has 7 nitrogen and oxygen atoms in total. The van der Waals surface area contributed by atoms with E-state index in [2.05, 4.69) is 15.7 Å². The number of imidazole rings is 1. The van der Waals surface area contributed by atoms with E-state index in [0.29, 0.717) is 18.9 Å². The highest BCUT2D eigenvalue weighted by Gasteiger charge is 2.29. The second kappa shape index (κ2) is 4.01. The lowest BCUT2D eigenvalue weighted by Crippen LogP contribution is -2.50. The van der Waals surface area contributed by atoms with Crippen molar-refractivity contribution in [1.29, 1.82) is 0 Å². The van der Waals surface area contributed by atoms with Crippen LogP contribution in [-0.4, -0.2) is 40.2 Å². The molecule has 7 heteroatoms. The number of carbonyl (C=O) groups excluding carboxylic acids is 1. The lowest BCUT2D eigenvalue weighted by atomic mass is 10.00. The van der Waals surface area contributed by atoms with E-state index in [9.17, 15) is 9.90 Å². The molecule has 1 aromatic rings. The minimum atomic E-state index is -1.07. The van der Waals surface area contributed by atoms with E-state index >= 15 is 0 Å². The van der Waals surface area contributed by atoms with Crippen molar-refractivity contribution in [2.24, 2.45) is 0 Å². The zero-order valence-electron chi connectivity index (χ0n) is 9.22. The summed E-state index contributed by atoms with van der Waals surface area (Å²) >= 11 is 0. The Morgan fingerprint density at radius 2 is 2.24 bits per heavy atom. The lowest BCUT2D eigenvalue weighted by molar-refractivity contribution is 0.0730. The first-order chi connectivity index (χ1) is 8.25. The topological polar surface area (TPSA) is 88.4 Å². The van der Waals surface area contributed by atoms with Gasteiger partial charge in [-0.1, -0.05) is 0 Å². The third-order valence-corrected chi connectivity index (χ3v) is 3.13. The highest BCUT2D eigenvalue weighted by molar-refractivity contribution is 5.93. The molecule has 3 N–H and O–H groups in total. The molecule has 1 atom stereocenters. The predicted molar refractivity (Wildman–Crippen MR) is 57.9 cm³/mol. The summed E-state index contributed by atoms with van der Waals surface area (Å²) in [6, 6.07) is 0. The highest BCUT2D eigenvalue weighted by atomic mass is 16.5. The van der Waals surface area contributed by atoms with Crippen LogP contribution in [0.25, 0.3) is 0 Å². The minimum absolute atomic E-state index is 0.267. The largest absolute Gasteiger partial charge is 0.381 e. The number of nitrogens with zero attached hydrogens (tertiary/aromatic N) is 2. The van der Waals surface area contributed by atoms with Gasteiger partial charge in [-0.15, -0.1) is 0 Å². The molecule has 0 saturated carbocycles. The number of rotatable bonds is 1. The monoisotopic (exact) mass is 238 g/mol. The number of fused-ring (bicyclic) bond motifs is 1. The Bertz CT molecular complexity index is 439. The summed E-state index contributed by atoms with van der Waals surface area (Å²) in [5.41, 5.74) is 3.20. The van der Waals surface area contributed by atoms with E-state index in [1.54, 1.807) is 4.68 Å². The van der Waals surface area contributed by atoms with Crippen LogP contribution in [0, 0.1) is 0 Å². The Balaban J connectivity index is 1.93. The second-order valence-electron chi connectivity index (χ2n) is 4.23. The molecule has 3 rings (SSSR count). The first-order valence-electron chi connectivity index (χ1n) is 5.66. The Morgan fingerprint density at radius 3 is 3.00 bits per heavy atom. The Hall–Kier alpha value is -1.60. The fourth-order valence-corrected chi connectivity index (χ4v) is 2.26. The summed E-state index contributed by atoms with van der Waals surface area (Å²) in [6.07, 6.45) is 2.23. The lowest BCUT2D eigenvalue weighted by Gasteiger charge is -2.27. The zero-order chi connectivity index (χ0) is 11.8. The maximum absolute atomic E-state index is 11.6. The van der Waals surface area contributed by atoms with Crippen LogP contribution in [0.1, 0.15) is 35.1 Å². The summed E-state index contributed by atoms with van der Waals surface area (Å²) in [4.78, 5) is 15.9. The first-order valence-corrected chi connectivity index (χ1v) is 5.66. The van der Waals surface area contributed by atoms with E-state index in [1.807, 2.05) is 0 Å². The number of carbonyl (C=O) groups is 1. The van der Waals surface area contributed by atoms with Crippen molar-refractivity contribution in [3.63, 3.8) is 0 Å². The minimum Gasteiger partial charge on any atom is -0.381 e. The van der Waals surface area contributed by atoms with E-state index in [0.717, 1.165) is 18.7 Å². The summed E-state index contributed by atoms with van der Waals surface area (Å²) in [6.45, 7) is 1.42. The number of hydrogen-bond donors (Lipinski definition) is 3. The number of aliphatic hydroxyl groups excluding tert-OH is 1. The van der Waals surface area contributed by atoms with Crippen molar-refractivity contribution in [3.8, 4) is 0 Å². The zero-order valence-corrected chi connectivity index (χ0v) is 9.22. The molecule has 2 aliphatic heterocycles. The van der Waals surface area contributed by atoms with Gasteiger partial charge in [-0.05, 0) is 12.8 Å². The molecule has 2 aliphatic rings. The molecule has 0 aliphatic carbocycles. The molecule has 1 unspecified atom stereocenters. The van der Waals surface area contributed by atoms with Gasteiger partial charge in [0.05, 0.1) is 6.20 Å². The van der Waals surface area contributed by atoms with Crippen LogP contribution >= 0.6 is 0 Å². The van der Waals surface area contributed by atoms with Gasteiger partial charge < -0.3 is 15.2 Å². The van der Waals surface area contributed by atoms with Gasteiger partial charge in [0.25, 0.3) is 5.91 Å². The fraction of sp³-hybridized carbons (Fsp3) is 0.600. The van der Waals surface area contributed by atoms with Crippen LogP contribution in [0.3, 0.4) is 0 Å². The highest BCUT2D eigenvalue weighted by Crippen LogP contribution is 2.26. The van der Waals surface area contributed by atoms with Crippen molar-refractivity contribution >= 4 is 5.91 Å². The van der Waals surface area contributed by atoms with E-state index < -0.39 is 6.35 Å². The summed E-state index contributed by atoms with van der Waals surface area (Å²) in [5.74, 6) is 0.738. The first kappa shape index (κ1) is 10.5. The smallest absolute Gasteiger partial charge is 0.274 e. The third-order valence-electron chi connectivity index (χ3n) is 3.13. The van der Waals surface area contributed by atoms with Crippen LogP contribution in [0.15, 0.2) is 6.20 Å². The van der Waals surface area contributed by atoms with Crippen molar-refractivity contribution in [2.75, 3.05) is 18.6 Å². The van der Waals surface area contributed by atoms with Crippen molar-refractivity contribution in [2.45, 2.75) is 25.1 Å². The van der Waals surface area contributed by atoms with Crippen LogP contribution in [0.2, 0.25) is 0 Å². The molecule has 0 radical (unpaired) electrons. The number of amides is 1. The molecule has 1 aromatic heterocycles. The van der Waals surface area contributed by atoms with Gasteiger partial charge in [0.1, 0.15) is 11.5 Å². The van der Waals surface area contributed by atoms with E-state index in [1.165, 1.54) is 6.20 Å². The molecule has 1 fully saturated rings. The Labute approximate surface area is 97.8 Å². The maximum Gasteiger partial charge on any atom is 0.274 e. The van der Waals surface area contributed by atoms with Crippen LogP contribution in [0.5, 0.6) is 0 Å². The number of hydrogen-bond acceptors (Lipinski definition) is 5.